The van der Waals surface area contributed by atoms with E-state index in [0.717, 1.165) is 40.2 Å². The number of aryl methyl sites for hydroxylation is 2. The molecule has 2 aromatic carbocycles. The molecule has 28 heavy (non-hydrogen) atoms. The van der Waals surface area contributed by atoms with Crippen LogP contribution in [0.4, 0.5) is 0 Å². The molecule has 1 aliphatic rings. The number of carbonyl (C=O) groups excluding carboxylic acids is 1. The van der Waals surface area contributed by atoms with Gasteiger partial charge in [0, 0.05) is 17.5 Å². The van der Waals surface area contributed by atoms with Crippen LogP contribution in [0.1, 0.15) is 36.1 Å². The van der Waals surface area contributed by atoms with Gasteiger partial charge in [0.05, 0.1) is 12.8 Å². The smallest absolute Gasteiger partial charge is 0.277 e. The zero-order valence-corrected chi connectivity index (χ0v) is 16.7. The Labute approximate surface area is 165 Å². The first-order valence-corrected chi connectivity index (χ1v) is 9.44. The summed E-state index contributed by atoms with van der Waals surface area (Å²) in [5, 5.41) is 4.04. The Kier molecular flexibility index (Phi) is 6.19. The molecule has 0 radical (unpaired) electrons. The van der Waals surface area contributed by atoms with Crippen LogP contribution in [0.3, 0.4) is 0 Å². The molecule has 0 unspecified atom stereocenters. The molecule has 1 N–H and O–H groups in total. The molecule has 1 heterocycles. The fourth-order valence-corrected chi connectivity index (χ4v) is 3.05. The summed E-state index contributed by atoms with van der Waals surface area (Å²) in [6.45, 7) is 8.32. The summed E-state index contributed by atoms with van der Waals surface area (Å²) in [5.41, 5.74) is 6.43. The number of ether oxygens (including phenoxy) is 3. The maximum absolute atomic E-state index is 12.0. The number of nitrogens with one attached hydrogen (secondary N) is 1. The lowest BCUT2D eigenvalue weighted by Crippen LogP contribution is -2.24. The van der Waals surface area contributed by atoms with Crippen LogP contribution in [0.25, 0.3) is 0 Å². The van der Waals surface area contributed by atoms with Gasteiger partial charge in [-0.1, -0.05) is 12.1 Å². The molecule has 0 spiro atoms. The molecule has 0 saturated carbocycles. The second kappa shape index (κ2) is 8.78. The van der Waals surface area contributed by atoms with Gasteiger partial charge in [-0.05, 0) is 57.0 Å². The van der Waals surface area contributed by atoms with Gasteiger partial charge in [0.25, 0.3) is 5.91 Å². The summed E-state index contributed by atoms with van der Waals surface area (Å²) in [6.07, 6.45) is 2.57. The van der Waals surface area contributed by atoms with E-state index in [-0.39, 0.29) is 18.6 Å². The third-order valence-electron chi connectivity index (χ3n) is 4.42. The summed E-state index contributed by atoms with van der Waals surface area (Å²) in [4.78, 5) is 12.0. The van der Waals surface area contributed by atoms with Crippen molar-refractivity contribution in [1.29, 1.82) is 0 Å². The second-order valence-electron chi connectivity index (χ2n) is 6.91. The van der Waals surface area contributed by atoms with Crippen molar-refractivity contribution in [3.63, 3.8) is 0 Å². The van der Waals surface area contributed by atoms with Crippen LogP contribution in [0.2, 0.25) is 0 Å². The molecular formula is C22H26N2O4. The lowest BCUT2D eigenvalue weighted by molar-refractivity contribution is -0.123. The van der Waals surface area contributed by atoms with Crippen molar-refractivity contribution in [2.24, 2.45) is 5.10 Å². The number of fused-ring (bicyclic) bond motifs is 1. The highest BCUT2D eigenvalue weighted by atomic mass is 16.5. The van der Waals surface area contributed by atoms with E-state index in [1.807, 2.05) is 58.0 Å². The van der Waals surface area contributed by atoms with Gasteiger partial charge in [0.15, 0.2) is 6.61 Å². The summed E-state index contributed by atoms with van der Waals surface area (Å²) in [6, 6.07) is 9.75. The molecule has 1 amide bonds. The zero-order chi connectivity index (χ0) is 20.1. The molecule has 0 fully saturated rings. The SMILES string of the molecule is CCOc1cc2c(cc1/C=N\NC(=O)COc1cc(C)ccc1C)O[C@H](C)C2. The van der Waals surface area contributed by atoms with Crippen molar-refractivity contribution in [2.45, 2.75) is 40.2 Å². The molecule has 0 saturated heterocycles. The summed E-state index contributed by atoms with van der Waals surface area (Å²) in [5.74, 6) is 1.93. The number of carbonyl (C=O) groups is 1. The number of nitrogens with zero attached hydrogens (tertiary/aromatic N) is 1. The average Bonchev–Trinajstić information content (AvgIpc) is 3.01. The van der Waals surface area contributed by atoms with Gasteiger partial charge in [0.1, 0.15) is 23.4 Å². The van der Waals surface area contributed by atoms with Gasteiger partial charge in [-0.25, -0.2) is 5.43 Å². The van der Waals surface area contributed by atoms with E-state index < -0.39 is 0 Å². The molecule has 6 heteroatoms. The first-order valence-electron chi connectivity index (χ1n) is 9.44. The van der Waals surface area contributed by atoms with Crippen LogP contribution < -0.4 is 19.6 Å². The lowest BCUT2D eigenvalue weighted by atomic mass is 10.1. The molecule has 3 rings (SSSR count). The number of hydrazone groups is 1. The monoisotopic (exact) mass is 382 g/mol. The van der Waals surface area contributed by atoms with Crippen LogP contribution >= 0.6 is 0 Å². The van der Waals surface area contributed by atoms with Gasteiger partial charge >= 0.3 is 0 Å². The van der Waals surface area contributed by atoms with E-state index in [2.05, 4.69) is 10.5 Å². The molecule has 0 aromatic heterocycles. The summed E-state index contributed by atoms with van der Waals surface area (Å²) in [7, 11) is 0. The molecule has 0 bridgehead atoms. The van der Waals surface area contributed by atoms with Gasteiger partial charge in [0.2, 0.25) is 0 Å². The topological polar surface area (TPSA) is 69.2 Å². The van der Waals surface area contributed by atoms with Gasteiger partial charge < -0.3 is 14.2 Å². The van der Waals surface area contributed by atoms with Crippen molar-refractivity contribution in [3.05, 3.63) is 52.6 Å². The highest BCUT2D eigenvalue weighted by Crippen LogP contribution is 2.34. The Balaban J connectivity index is 1.61. The number of hydrogen-bond donors (Lipinski definition) is 1. The number of amides is 1. The van der Waals surface area contributed by atoms with E-state index in [1.54, 1.807) is 6.21 Å². The van der Waals surface area contributed by atoms with Crippen LogP contribution in [0, 0.1) is 13.8 Å². The van der Waals surface area contributed by atoms with Crippen LogP contribution in [0.5, 0.6) is 17.2 Å². The Morgan fingerprint density at radius 2 is 2.07 bits per heavy atom. The number of benzene rings is 2. The van der Waals surface area contributed by atoms with Crippen molar-refractivity contribution < 1.29 is 19.0 Å². The second-order valence-corrected chi connectivity index (χ2v) is 6.91. The number of rotatable bonds is 7. The van der Waals surface area contributed by atoms with Crippen molar-refractivity contribution in [1.82, 2.24) is 5.43 Å². The standard InChI is InChI=1S/C22H26N2O4/c1-5-26-20-10-17-9-16(4)28-21(17)11-18(20)12-23-24-22(25)13-27-19-8-14(2)6-7-15(19)3/h6-8,10-12,16H,5,9,13H2,1-4H3,(H,24,25)/b23-12-/t16-/m1/s1. The van der Waals surface area contributed by atoms with Crippen LogP contribution in [-0.4, -0.2) is 31.4 Å². The van der Waals surface area contributed by atoms with Crippen molar-refractivity contribution in [3.8, 4) is 17.2 Å². The fraction of sp³-hybridized carbons (Fsp3) is 0.364. The fourth-order valence-electron chi connectivity index (χ4n) is 3.05. The maximum atomic E-state index is 12.0. The van der Waals surface area contributed by atoms with E-state index >= 15 is 0 Å². The predicted octanol–water partition coefficient (Wildman–Crippen LogP) is 3.55. The predicted molar refractivity (Wildman–Crippen MR) is 109 cm³/mol. The van der Waals surface area contributed by atoms with Crippen LogP contribution in [-0.2, 0) is 11.2 Å². The van der Waals surface area contributed by atoms with E-state index in [4.69, 9.17) is 14.2 Å². The molecule has 1 aliphatic heterocycles. The van der Waals surface area contributed by atoms with E-state index in [1.165, 1.54) is 0 Å². The minimum absolute atomic E-state index is 0.106. The van der Waals surface area contributed by atoms with E-state index in [9.17, 15) is 4.79 Å². The lowest BCUT2D eigenvalue weighted by Gasteiger charge is -2.10. The molecule has 6 nitrogen and oxygen atoms in total. The Morgan fingerprint density at radius 1 is 1.25 bits per heavy atom. The first kappa shape index (κ1) is 19.7. The zero-order valence-electron chi connectivity index (χ0n) is 16.7. The summed E-state index contributed by atoms with van der Waals surface area (Å²) < 4.78 is 17.1. The third-order valence-corrected chi connectivity index (χ3v) is 4.42. The van der Waals surface area contributed by atoms with E-state index in [0.29, 0.717) is 12.4 Å². The molecule has 148 valence electrons. The Hall–Kier alpha value is -3.02. The molecule has 1 atom stereocenters. The highest BCUT2D eigenvalue weighted by molar-refractivity contribution is 5.86. The van der Waals surface area contributed by atoms with Crippen LogP contribution in [0.15, 0.2) is 35.4 Å². The number of hydrogen-bond acceptors (Lipinski definition) is 5. The molecule has 2 aromatic rings. The largest absolute Gasteiger partial charge is 0.493 e. The van der Waals surface area contributed by atoms with Crippen molar-refractivity contribution >= 4 is 12.1 Å². The minimum atomic E-state index is -0.332. The molecular weight excluding hydrogens is 356 g/mol. The Bertz CT molecular complexity index is 892. The quantitative estimate of drug-likeness (QED) is 0.587. The van der Waals surface area contributed by atoms with Crippen molar-refractivity contribution in [2.75, 3.05) is 13.2 Å². The third kappa shape index (κ3) is 4.82. The normalized spacial score (nSPS) is 15.2. The van der Waals surface area contributed by atoms with Gasteiger partial charge in [-0.3, -0.25) is 4.79 Å². The van der Waals surface area contributed by atoms with Gasteiger partial charge in [-0.15, -0.1) is 0 Å². The minimum Gasteiger partial charge on any atom is -0.493 e. The highest BCUT2D eigenvalue weighted by Gasteiger charge is 2.21. The summed E-state index contributed by atoms with van der Waals surface area (Å²) >= 11 is 0. The first-order chi connectivity index (χ1) is 13.5. The average molecular weight is 382 g/mol. The van der Waals surface area contributed by atoms with Gasteiger partial charge in [-0.2, -0.15) is 5.10 Å². The molecule has 0 aliphatic carbocycles. The maximum Gasteiger partial charge on any atom is 0.277 e. The Morgan fingerprint density at radius 3 is 2.86 bits per heavy atom.